The van der Waals surface area contributed by atoms with Crippen molar-refractivity contribution in [2.75, 3.05) is 0 Å². The molecule has 0 saturated heterocycles. The molecule has 0 saturated carbocycles. The molecule has 0 radical (unpaired) electrons. The quantitative estimate of drug-likeness (QED) is 0.184. The minimum absolute atomic E-state index is 0.146. The van der Waals surface area contributed by atoms with E-state index in [9.17, 15) is 0 Å². The standard InChI is InChI=1S/C43H29BN2/c1-28-19-22-31(23-20-28)44-35-15-7-10-18-39(35)46-38-17-9-6-14-34(38)42-40(26-25-36(44)43(42)46)45-37-16-8-5-13-32(37)33-24-21-30(27-41(33)45)29-11-3-2-4-12-29/h2-27H,1H3. The Labute approximate surface area is 267 Å². The maximum atomic E-state index is 2.52. The monoisotopic (exact) mass is 584 g/mol. The Morgan fingerprint density at radius 1 is 0.435 bits per heavy atom. The average molecular weight is 585 g/mol. The smallest absolute Gasteiger partial charge is 0.246 e. The molecule has 0 fully saturated rings. The Morgan fingerprint density at radius 2 is 1.11 bits per heavy atom. The van der Waals surface area contributed by atoms with Crippen molar-refractivity contribution in [1.29, 1.82) is 0 Å². The third-order valence-electron chi connectivity index (χ3n) is 10.1. The highest BCUT2D eigenvalue weighted by Gasteiger charge is 2.34. The van der Waals surface area contributed by atoms with Gasteiger partial charge in [-0.25, -0.2) is 0 Å². The van der Waals surface area contributed by atoms with Crippen LogP contribution in [0.15, 0.2) is 158 Å². The predicted molar refractivity (Wildman–Crippen MR) is 196 cm³/mol. The van der Waals surface area contributed by atoms with E-state index in [-0.39, 0.29) is 6.71 Å². The Hall–Kier alpha value is -5.80. The van der Waals surface area contributed by atoms with E-state index in [1.54, 1.807) is 0 Å². The Kier molecular flexibility index (Phi) is 5.33. The molecule has 3 heterocycles. The summed E-state index contributed by atoms with van der Waals surface area (Å²) in [4.78, 5) is 0. The Balaban J connectivity index is 1.36. The van der Waals surface area contributed by atoms with Crippen molar-refractivity contribution in [2.45, 2.75) is 6.92 Å². The highest BCUT2D eigenvalue weighted by Crippen LogP contribution is 2.41. The first-order valence-corrected chi connectivity index (χ1v) is 16.1. The summed E-state index contributed by atoms with van der Waals surface area (Å²) in [5.74, 6) is 0. The van der Waals surface area contributed by atoms with E-state index in [0.717, 1.165) is 0 Å². The molecule has 9 aromatic rings. The van der Waals surface area contributed by atoms with Gasteiger partial charge in [0.25, 0.3) is 0 Å². The fourth-order valence-electron chi connectivity index (χ4n) is 8.03. The van der Waals surface area contributed by atoms with Gasteiger partial charge in [-0.2, -0.15) is 0 Å². The molecular formula is C43H29BN2. The van der Waals surface area contributed by atoms with Crippen LogP contribution in [0.5, 0.6) is 0 Å². The highest BCUT2D eigenvalue weighted by molar-refractivity contribution is 6.98. The molecule has 0 unspecified atom stereocenters. The molecule has 1 aliphatic heterocycles. The van der Waals surface area contributed by atoms with Crippen LogP contribution in [0.1, 0.15) is 5.56 Å². The van der Waals surface area contributed by atoms with Crippen molar-refractivity contribution in [1.82, 2.24) is 9.13 Å². The summed E-state index contributed by atoms with van der Waals surface area (Å²) in [7, 11) is 0. The molecule has 7 aromatic carbocycles. The normalized spacial score (nSPS) is 12.4. The first kappa shape index (κ1) is 25.5. The van der Waals surface area contributed by atoms with Gasteiger partial charge >= 0.3 is 0 Å². The molecule has 2 aromatic heterocycles. The fraction of sp³-hybridized carbons (Fsp3) is 0.0233. The van der Waals surface area contributed by atoms with Crippen LogP contribution in [0, 0.1) is 6.92 Å². The fourth-order valence-corrected chi connectivity index (χ4v) is 8.03. The largest absolute Gasteiger partial charge is 0.310 e. The van der Waals surface area contributed by atoms with Crippen LogP contribution < -0.4 is 16.4 Å². The zero-order valence-electron chi connectivity index (χ0n) is 25.5. The lowest BCUT2D eigenvalue weighted by Crippen LogP contribution is -2.55. The molecule has 0 spiro atoms. The molecular weight excluding hydrogens is 555 g/mol. The lowest BCUT2D eigenvalue weighted by molar-refractivity contribution is 1.18. The zero-order valence-corrected chi connectivity index (χ0v) is 25.5. The topological polar surface area (TPSA) is 9.86 Å². The lowest BCUT2D eigenvalue weighted by Gasteiger charge is -2.27. The number of para-hydroxylation sites is 3. The highest BCUT2D eigenvalue weighted by atomic mass is 15.0. The molecule has 1 aliphatic rings. The van der Waals surface area contributed by atoms with E-state index >= 15 is 0 Å². The number of aryl methyl sites for hydroxylation is 1. The van der Waals surface area contributed by atoms with Crippen molar-refractivity contribution < 1.29 is 0 Å². The van der Waals surface area contributed by atoms with Crippen LogP contribution in [-0.2, 0) is 0 Å². The number of fused-ring (bicyclic) bond motifs is 8. The van der Waals surface area contributed by atoms with Crippen molar-refractivity contribution in [3.63, 3.8) is 0 Å². The van der Waals surface area contributed by atoms with Gasteiger partial charge in [0.15, 0.2) is 0 Å². The molecule has 3 heteroatoms. The average Bonchev–Trinajstić information content (AvgIpc) is 3.64. The third kappa shape index (κ3) is 3.48. The van der Waals surface area contributed by atoms with Crippen LogP contribution in [0.4, 0.5) is 0 Å². The first-order chi connectivity index (χ1) is 22.8. The van der Waals surface area contributed by atoms with E-state index in [2.05, 4.69) is 174 Å². The van der Waals surface area contributed by atoms with Gasteiger partial charge in [-0.05, 0) is 59.3 Å². The van der Waals surface area contributed by atoms with Gasteiger partial charge in [-0.15, -0.1) is 0 Å². The summed E-state index contributed by atoms with van der Waals surface area (Å²) in [5, 5.41) is 5.12. The van der Waals surface area contributed by atoms with Crippen LogP contribution in [-0.4, -0.2) is 15.8 Å². The summed E-state index contributed by atoms with van der Waals surface area (Å²) in [6.45, 7) is 2.31. The zero-order chi connectivity index (χ0) is 30.4. The number of aromatic nitrogens is 2. The van der Waals surface area contributed by atoms with Gasteiger partial charge in [0.05, 0.1) is 27.8 Å². The van der Waals surface area contributed by atoms with Gasteiger partial charge in [0.1, 0.15) is 0 Å². The number of hydrogen-bond acceptors (Lipinski definition) is 0. The van der Waals surface area contributed by atoms with Crippen LogP contribution >= 0.6 is 0 Å². The van der Waals surface area contributed by atoms with E-state index in [0.29, 0.717) is 0 Å². The second-order valence-corrected chi connectivity index (χ2v) is 12.6. The first-order valence-electron chi connectivity index (χ1n) is 16.1. The number of hydrogen-bond donors (Lipinski definition) is 0. The minimum Gasteiger partial charge on any atom is -0.310 e. The van der Waals surface area contributed by atoms with E-state index in [1.165, 1.54) is 88.1 Å². The molecule has 214 valence electrons. The number of nitrogens with zero attached hydrogens (tertiary/aromatic N) is 2. The lowest BCUT2D eigenvalue weighted by atomic mass is 9.35. The van der Waals surface area contributed by atoms with Gasteiger partial charge in [-0.1, -0.05) is 138 Å². The molecule has 0 amide bonds. The van der Waals surface area contributed by atoms with Crippen LogP contribution in [0.2, 0.25) is 0 Å². The second-order valence-electron chi connectivity index (χ2n) is 12.6. The van der Waals surface area contributed by atoms with Gasteiger partial charge in [0, 0.05) is 27.2 Å². The van der Waals surface area contributed by atoms with Crippen molar-refractivity contribution in [3.05, 3.63) is 163 Å². The van der Waals surface area contributed by atoms with Crippen molar-refractivity contribution >= 4 is 66.7 Å². The number of rotatable bonds is 3. The number of benzene rings is 7. The van der Waals surface area contributed by atoms with E-state index in [4.69, 9.17) is 0 Å². The summed E-state index contributed by atoms with van der Waals surface area (Å²) in [6.07, 6.45) is 0. The molecule has 46 heavy (non-hydrogen) atoms. The molecule has 10 rings (SSSR count). The molecule has 0 aliphatic carbocycles. The predicted octanol–water partition coefficient (Wildman–Crippen LogP) is 8.69. The summed E-state index contributed by atoms with van der Waals surface area (Å²) in [6, 6.07) is 58.3. The summed E-state index contributed by atoms with van der Waals surface area (Å²) < 4.78 is 5.03. The summed E-state index contributed by atoms with van der Waals surface area (Å²) >= 11 is 0. The maximum Gasteiger partial charge on any atom is 0.246 e. The summed E-state index contributed by atoms with van der Waals surface area (Å²) in [5.41, 5.74) is 15.2. The Morgan fingerprint density at radius 3 is 1.93 bits per heavy atom. The van der Waals surface area contributed by atoms with Crippen LogP contribution in [0.3, 0.4) is 0 Å². The third-order valence-corrected chi connectivity index (χ3v) is 10.1. The van der Waals surface area contributed by atoms with E-state index in [1.807, 2.05) is 0 Å². The maximum absolute atomic E-state index is 2.52. The van der Waals surface area contributed by atoms with Gasteiger partial charge in [0.2, 0.25) is 6.71 Å². The Bertz CT molecular complexity index is 2640. The SMILES string of the molecule is Cc1ccc(B2c3ccccc3-n3c4ccccc4c4c(-n5c6ccccc6c6ccc(-c7ccccc7)cc65)ccc2c43)cc1. The molecule has 0 atom stereocenters. The van der Waals surface area contributed by atoms with Gasteiger partial charge in [-0.3, -0.25) is 0 Å². The molecule has 2 nitrogen and oxygen atoms in total. The van der Waals surface area contributed by atoms with Crippen LogP contribution in [0.25, 0.3) is 66.1 Å². The van der Waals surface area contributed by atoms with Gasteiger partial charge < -0.3 is 9.13 Å². The minimum atomic E-state index is 0.146. The molecule has 0 N–H and O–H groups in total. The van der Waals surface area contributed by atoms with Crippen molar-refractivity contribution in [2.24, 2.45) is 0 Å². The molecule has 0 bridgehead atoms. The van der Waals surface area contributed by atoms with Crippen molar-refractivity contribution in [3.8, 4) is 22.5 Å². The van der Waals surface area contributed by atoms with E-state index < -0.39 is 0 Å². The second kappa shape index (κ2) is 9.60.